The van der Waals surface area contributed by atoms with E-state index in [2.05, 4.69) is 29.9 Å². The number of carbonyl (C=O) groups excluding carboxylic acids is 1. The normalized spacial score (nSPS) is 11.6. The van der Waals surface area contributed by atoms with Gasteiger partial charge in [-0.15, -0.1) is 11.3 Å². The molecule has 1 heterocycles. The van der Waals surface area contributed by atoms with Gasteiger partial charge in [0.1, 0.15) is 18.3 Å². The highest BCUT2D eigenvalue weighted by molar-refractivity contribution is 7.08. The lowest BCUT2D eigenvalue weighted by atomic mass is 10.0. The highest BCUT2D eigenvalue weighted by Gasteiger charge is 2.21. The second kappa shape index (κ2) is 9.09. The van der Waals surface area contributed by atoms with Gasteiger partial charge >= 0.3 is 0 Å². The Labute approximate surface area is 152 Å². The van der Waals surface area contributed by atoms with Crippen LogP contribution >= 0.6 is 11.3 Å². The second-order valence-electron chi connectivity index (χ2n) is 6.13. The van der Waals surface area contributed by atoms with E-state index in [1.165, 1.54) is 0 Å². The minimum absolute atomic E-state index is 0.0154. The van der Waals surface area contributed by atoms with Gasteiger partial charge in [-0.05, 0) is 30.0 Å². The molecule has 5 nitrogen and oxygen atoms in total. The number of ether oxygens (including phenoxy) is 1. The molecule has 2 aromatic rings. The Morgan fingerprint density at radius 2 is 2.16 bits per heavy atom. The number of hydrogen-bond donors (Lipinski definition) is 2. The monoisotopic (exact) mass is 357 g/mol. The van der Waals surface area contributed by atoms with E-state index >= 15 is 0 Å². The van der Waals surface area contributed by atoms with Gasteiger partial charge in [0.05, 0.1) is 18.9 Å². The number of nitrogens with one attached hydrogen (secondary N) is 2. The second-order valence-corrected chi connectivity index (χ2v) is 6.88. The van der Waals surface area contributed by atoms with Crippen molar-refractivity contribution < 1.29 is 9.53 Å². The maximum atomic E-state index is 12.4. The molecule has 0 saturated carbocycles. The third kappa shape index (κ3) is 5.23. The Hall–Kier alpha value is -2.52. The summed E-state index contributed by atoms with van der Waals surface area (Å²) in [6.07, 6.45) is 0.685. The fourth-order valence-electron chi connectivity index (χ4n) is 2.56. The van der Waals surface area contributed by atoms with E-state index in [-0.39, 0.29) is 18.5 Å². The number of amides is 1. The van der Waals surface area contributed by atoms with E-state index in [1.807, 2.05) is 35.7 Å². The first-order chi connectivity index (χ1) is 12.0. The Morgan fingerprint density at radius 1 is 1.36 bits per heavy atom. The number of carbonyl (C=O) groups is 1. The first-order valence-electron chi connectivity index (χ1n) is 8.17. The molecule has 0 unspecified atom stereocenters. The molecule has 0 aliphatic carbocycles. The van der Waals surface area contributed by atoms with Gasteiger partial charge < -0.3 is 15.4 Å². The zero-order valence-electron chi connectivity index (χ0n) is 14.7. The van der Waals surface area contributed by atoms with Gasteiger partial charge in [-0.2, -0.15) is 5.26 Å². The zero-order chi connectivity index (χ0) is 18.2. The summed E-state index contributed by atoms with van der Waals surface area (Å²) in [5.74, 6) is 0.988. The summed E-state index contributed by atoms with van der Waals surface area (Å²) >= 11 is 1.58. The summed E-state index contributed by atoms with van der Waals surface area (Å²) < 4.78 is 5.30. The van der Waals surface area contributed by atoms with Crippen LogP contribution in [0.3, 0.4) is 0 Å². The molecular formula is C19H23N3O2S. The molecule has 1 aromatic carbocycles. The Balaban J connectivity index is 2.23. The molecule has 0 aliphatic heterocycles. The molecule has 1 atom stereocenters. The molecule has 0 radical (unpaired) electrons. The van der Waals surface area contributed by atoms with E-state index < -0.39 is 0 Å². The fraction of sp³-hybridized carbons (Fsp3) is 0.368. The molecule has 1 aromatic heterocycles. The average Bonchev–Trinajstić information content (AvgIpc) is 3.07. The molecule has 2 N–H and O–H groups in total. The van der Waals surface area contributed by atoms with Crippen molar-refractivity contribution in [1.82, 2.24) is 5.32 Å². The quantitative estimate of drug-likeness (QED) is 0.703. The van der Waals surface area contributed by atoms with Crippen molar-refractivity contribution in [1.29, 1.82) is 5.26 Å². The molecule has 0 spiro atoms. The largest absolute Gasteiger partial charge is 0.497 e. The van der Waals surface area contributed by atoms with Crippen molar-refractivity contribution in [2.45, 2.75) is 26.3 Å². The van der Waals surface area contributed by atoms with Crippen molar-refractivity contribution in [2.24, 2.45) is 5.92 Å². The van der Waals surface area contributed by atoms with Crippen molar-refractivity contribution >= 4 is 22.9 Å². The lowest BCUT2D eigenvalue weighted by Crippen LogP contribution is -2.40. The van der Waals surface area contributed by atoms with Gasteiger partial charge in [-0.25, -0.2) is 0 Å². The van der Waals surface area contributed by atoms with Gasteiger partial charge in [0.2, 0.25) is 5.91 Å². The Bertz CT molecular complexity index is 749. The number of thiophene rings is 1. The molecule has 6 heteroatoms. The summed E-state index contributed by atoms with van der Waals surface area (Å²) in [5, 5.41) is 18.7. The fourth-order valence-corrected chi connectivity index (χ4v) is 3.36. The van der Waals surface area contributed by atoms with Gasteiger partial charge in [-0.3, -0.25) is 4.79 Å². The molecule has 2 rings (SSSR count). The highest BCUT2D eigenvalue weighted by Crippen LogP contribution is 2.34. The van der Waals surface area contributed by atoms with Crippen LogP contribution in [-0.4, -0.2) is 25.6 Å². The van der Waals surface area contributed by atoms with E-state index in [1.54, 1.807) is 18.4 Å². The molecule has 132 valence electrons. The van der Waals surface area contributed by atoms with Crippen molar-refractivity contribution in [3.63, 3.8) is 0 Å². The Morgan fingerprint density at radius 3 is 2.84 bits per heavy atom. The summed E-state index contributed by atoms with van der Waals surface area (Å²) in [6.45, 7) is 4.16. The maximum Gasteiger partial charge on any atom is 0.243 e. The molecule has 0 aliphatic rings. The molecular weight excluding hydrogens is 334 g/mol. The smallest absolute Gasteiger partial charge is 0.243 e. The number of anilines is 1. The van der Waals surface area contributed by atoms with Crippen molar-refractivity contribution in [3.05, 3.63) is 35.0 Å². The number of nitriles is 1. The van der Waals surface area contributed by atoms with Gasteiger partial charge in [0.15, 0.2) is 0 Å². The van der Waals surface area contributed by atoms with Crippen LogP contribution in [0.4, 0.5) is 5.69 Å². The summed E-state index contributed by atoms with van der Waals surface area (Å²) in [7, 11) is 1.64. The zero-order valence-corrected chi connectivity index (χ0v) is 15.5. The van der Waals surface area contributed by atoms with E-state index in [9.17, 15) is 4.79 Å². The average molecular weight is 357 g/mol. The number of hydrogen-bond acceptors (Lipinski definition) is 5. The maximum absolute atomic E-state index is 12.4. The van der Waals surface area contributed by atoms with Gasteiger partial charge in [-0.1, -0.05) is 26.0 Å². The van der Waals surface area contributed by atoms with Gasteiger partial charge in [0.25, 0.3) is 0 Å². The van der Waals surface area contributed by atoms with E-state index in [4.69, 9.17) is 10.00 Å². The third-order valence-electron chi connectivity index (χ3n) is 3.74. The Kier molecular flexibility index (Phi) is 6.84. The molecule has 1 amide bonds. The van der Waals surface area contributed by atoms with Crippen LogP contribution in [0, 0.1) is 17.2 Å². The number of rotatable bonds is 8. The predicted octanol–water partition coefficient (Wildman–Crippen LogP) is 3.89. The molecule has 0 fully saturated rings. The summed E-state index contributed by atoms with van der Waals surface area (Å²) in [5.41, 5.74) is 2.98. The molecule has 0 saturated heterocycles. The van der Waals surface area contributed by atoms with E-state index in [0.29, 0.717) is 12.3 Å². The van der Waals surface area contributed by atoms with Crippen LogP contribution < -0.4 is 15.4 Å². The first-order valence-corrected chi connectivity index (χ1v) is 9.11. The lowest BCUT2D eigenvalue weighted by molar-refractivity contribution is -0.121. The standard InChI is InChI=1S/C19H23N3O2S/c1-13(2)9-17(19(23)21-8-7-20)22-18-12-25-11-16(18)14-5-4-6-15(10-14)24-3/h4-6,10-13,17,22H,8-9H2,1-3H3,(H,21,23)/t17-/m0/s1. The summed E-state index contributed by atoms with van der Waals surface area (Å²) in [6, 6.07) is 9.40. The number of benzene rings is 1. The predicted molar refractivity (Wildman–Crippen MR) is 102 cm³/mol. The van der Waals surface area contributed by atoms with Crippen LogP contribution in [0.2, 0.25) is 0 Å². The van der Waals surface area contributed by atoms with Crippen LogP contribution in [0.5, 0.6) is 5.75 Å². The molecule has 25 heavy (non-hydrogen) atoms. The van der Waals surface area contributed by atoms with E-state index in [0.717, 1.165) is 22.6 Å². The topological polar surface area (TPSA) is 74.2 Å². The van der Waals surface area contributed by atoms with Crippen LogP contribution in [0.15, 0.2) is 35.0 Å². The summed E-state index contributed by atoms with van der Waals surface area (Å²) in [4.78, 5) is 12.4. The van der Waals surface area contributed by atoms with Crippen LogP contribution in [-0.2, 0) is 4.79 Å². The van der Waals surface area contributed by atoms with Crippen molar-refractivity contribution in [2.75, 3.05) is 19.0 Å². The number of nitrogens with zero attached hydrogens (tertiary/aromatic N) is 1. The minimum atomic E-state index is -0.382. The third-order valence-corrected chi connectivity index (χ3v) is 4.48. The van der Waals surface area contributed by atoms with Crippen LogP contribution in [0.1, 0.15) is 20.3 Å². The highest BCUT2D eigenvalue weighted by atomic mass is 32.1. The minimum Gasteiger partial charge on any atom is -0.497 e. The van der Waals surface area contributed by atoms with Gasteiger partial charge in [0, 0.05) is 16.3 Å². The SMILES string of the molecule is COc1cccc(-c2cscc2N[C@@H](CC(C)C)C(=O)NCC#N)c1. The van der Waals surface area contributed by atoms with Crippen molar-refractivity contribution in [3.8, 4) is 22.9 Å². The van der Waals surface area contributed by atoms with Crippen LogP contribution in [0.25, 0.3) is 11.1 Å². The molecule has 0 bridgehead atoms. The number of methoxy groups -OCH3 is 1. The lowest BCUT2D eigenvalue weighted by Gasteiger charge is -2.21. The first kappa shape index (κ1) is 18.8.